The minimum atomic E-state index is -0.364. The zero-order valence-corrected chi connectivity index (χ0v) is 9.01. The van der Waals surface area contributed by atoms with Gasteiger partial charge in [-0.3, -0.25) is 14.2 Å². The Labute approximate surface area is 91.8 Å². The molecule has 0 aliphatic heterocycles. The topological polar surface area (TPSA) is 90.8 Å². The van der Waals surface area contributed by atoms with Gasteiger partial charge in [-0.25, -0.2) is 0 Å². The van der Waals surface area contributed by atoms with Crippen molar-refractivity contribution >= 4 is 17.4 Å². The van der Waals surface area contributed by atoms with E-state index in [0.29, 0.717) is 11.5 Å². The van der Waals surface area contributed by atoms with E-state index in [4.69, 9.17) is 5.73 Å². The van der Waals surface area contributed by atoms with Gasteiger partial charge in [0.2, 0.25) is 0 Å². The number of aryl methyl sites for hydroxylation is 2. The van der Waals surface area contributed by atoms with Crippen molar-refractivity contribution in [2.45, 2.75) is 0 Å². The Morgan fingerprint density at radius 3 is 2.62 bits per heavy atom. The summed E-state index contributed by atoms with van der Waals surface area (Å²) in [6.45, 7) is 0. The Kier molecular flexibility index (Phi) is 2.35. The standard InChI is InChI=1S/C9H12N6O/c1-14-4-3-7(12-14)11-9(16)8-6(10)5-15(2)13-8/h3-5H,10H2,1-2H3,(H,11,12,16). The number of anilines is 2. The van der Waals surface area contributed by atoms with Crippen molar-refractivity contribution in [3.63, 3.8) is 0 Å². The van der Waals surface area contributed by atoms with Crippen molar-refractivity contribution in [1.82, 2.24) is 19.6 Å². The Morgan fingerprint density at radius 1 is 1.38 bits per heavy atom. The molecule has 2 aromatic rings. The molecule has 2 aromatic heterocycles. The molecule has 16 heavy (non-hydrogen) atoms. The van der Waals surface area contributed by atoms with E-state index in [-0.39, 0.29) is 11.6 Å². The molecule has 2 rings (SSSR count). The van der Waals surface area contributed by atoms with Crippen LogP contribution in [0, 0.1) is 0 Å². The summed E-state index contributed by atoms with van der Waals surface area (Å²) in [4.78, 5) is 11.7. The Hall–Kier alpha value is -2.31. The van der Waals surface area contributed by atoms with Gasteiger partial charge < -0.3 is 11.1 Å². The van der Waals surface area contributed by atoms with Crippen LogP contribution in [0.25, 0.3) is 0 Å². The summed E-state index contributed by atoms with van der Waals surface area (Å²) in [7, 11) is 3.47. The maximum absolute atomic E-state index is 11.7. The van der Waals surface area contributed by atoms with Crippen LogP contribution in [0.3, 0.4) is 0 Å². The predicted octanol–water partition coefficient (Wildman–Crippen LogP) is -0.0119. The van der Waals surface area contributed by atoms with Crippen LogP contribution in [-0.2, 0) is 14.1 Å². The number of hydrogen-bond donors (Lipinski definition) is 2. The van der Waals surface area contributed by atoms with E-state index in [1.807, 2.05) is 0 Å². The maximum Gasteiger partial charge on any atom is 0.279 e. The molecule has 0 aromatic carbocycles. The normalized spacial score (nSPS) is 10.4. The zero-order chi connectivity index (χ0) is 11.7. The second-order valence-corrected chi connectivity index (χ2v) is 3.44. The highest BCUT2D eigenvalue weighted by Crippen LogP contribution is 2.10. The number of nitrogens with one attached hydrogen (secondary N) is 1. The molecular formula is C9H12N6O. The van der Waals surface area contributed by atoms with Gasteiger partial charge in [-0.1, -0.05) is 0 Å². The van der Waals surface area contributed by atoms with Crippen LogP contribution < -0.4 is 11.1 Å². The van der Waals surface area contributed by atoms with Crippen LogP contribution in [0.5, 0.6) is 0 Å². The van der Waals surface area contributed by atoms with Gasteiger partial charge in [0.15, 0.2) is 11.5 Å². The molecule has 0 saturated carbocycles. The first-order chi connectivity index (χ1) is 7.56. The summed E-state index contributed by atoms with van der Waals surface area (Å²) in [5.74, 6) is 0.106. The highest BCUT2D eigenvalue weighted by atomic mass is 16.2. The number of carbonyl (C=O) groups excluding carboxylic acids is 1. The van der Waals surface area contributed by atoms with Crippen molar-refractivity contribution in [3.05, 3.63) is 24.2 Å². The summed E-state index contributed by atoms with van der Waals surface area (Å²) < 4.78 is 3.08. The first-order valence-corrected chi connectivity index (χ1v) is 4.66. The van der Waals surface area contributed by atoms with Gasteiger partial charge in [0, 0.05) is 32.6 Å². The molecule has 7 nitrogen and oxygen atoms in total. The van der Waals surface area contributed by atoms with Crippen molar-refractivity contribution in [2.75, 3.05) is 11.1 Å². The molecule has 0 spiro atoms. The Bertz CT molecular complexity index is 526. The molecule has 7 heteroatoms. The summed E-state index contributed by atoms with van der Waals surface area (Å²) in [6, 6.07) is 1.69. The summed E-state index contributed by atoms with van der Waals surface area (Å²) in [5.41, 5.74) is 6.18. The van der Waals surface area contributed by atoms with Gasteiger partial charge in [0.05, 0.1) is 5.69 Å². The SMILES string of the molecule is Cn1ccc(NC(=O)c2nn(C)cc2N)n1. The number of carbonyl (C=O) groups is 1. The van der Waals surface area contributed by atoms with Crippen molar-refractivity contribution in [2.24, 2.45) is 14.1 Å². The highest BCUT2D eigenvalue weighted by molar-refractivity contribution is 6.05. The maximum atomic E-state index is 11.7. The number of hydrogen-bond acceptors (Lipinski definition) is 4. The summed E-state index contributed by atoms with van der Waals surface area (Å²) in [6.07, 6.45) is 3.31. The molecule has 0 radical (unpaired) electrons. The molecular weight excluding hydrogens is 208 g/mol. The monoisotopic (exact) mass is 220 g/mol. The van der Waals surface area contributed by atoms with Crippen molar-refractivity contribution in [3.8, 4) is 0 Å². The molecule has 0 bridgehead atoms. The third-order valence-electron chi connectivity index (χ3n) is 2.03. The number of rotatable bonds is 2. The van der Waals surface area contributed by atoms with Crippen LogP contribution in [0.1, 0.15) is 10.5 Å². The van der Waals surface area contributed by atoms with E-state index in [2.05, 4.69) is 15.5 Å². The smallest absolute Gasteiger partial charge is 0.279 e. The molecule has 0 fully saturated rings. The third-order valence-corrected chi connectivity index (χ3v) is 2.03. The number of nitrogens with two attached hydrogens (primary N) is 1. The Morgan fingerprint density at radius 2 is 2.12 bits per heavy atom. The number of amides is 1. The van der Waals surface area contributed by atoms with Gasteiger partial charge in [-0.15, -0.1) is 0 Å². The molecule has 0 unspecified atom stereocenters. The first-order valence-electron chi connectivity index (χ1n) is 4.66. The molecule has 3 N–H and O–H groups in total. The Balaban J connectivity index is 2.17. The average Bonchev–Trinajstić information content (AvgIpc) is 2.73. The van der Waals surface area contributed by atoms with Crippen LogP contribution in [-0.4, -0.2) is 25.5 Å². The molecule has 0 atom stereocenters. The van der Waals surface area contributed by atoms with E-state index in [1.165, 1.54) is 4.68 Å². The highest BCUT2D eigenvalue weighted by Gasteiger charge is 2.14. The van der Waals surface area contributed by atoms with Gasteiger partial charge in [-0.05, 0) is 0 Å². The fourth-order valence-electron chi connectivity index (χ4n) is 1.34. The second-order valence-electron chi connectivity index (χ2n) is 3.44. The predicted molar refractivity (Wildman–Crippen MR) is 58.8 cm³/mol. The van der Waals surface area contributed by atoms with Crippen LogP contribution in [0.4, 0.5) is 11.5 Å². The molecule has 1 amide bonds. The fourth-order valence-corrected chi connectivity index (χ4v) is 1.34. The molecule has 0 saturated heterocycles. The van der Waals surface area contributed by atoms with Crippen LogP contribution in [0.2, 0.25) is 0 Å². The van der Waals surface area contributed by atoms with Crippen molar-refractivity contribution in [1.29, 1.82) is 0 Å². The van der Waals surface area contributed by atoms with Gasteiger partial charge in [0.25, 0.3) is 5.91 Å². The van der Waals surface area contributed by atoms with Gasteiger partial charge >= 0.3 is 0 Å². The number of nitrogen functional groups attached to an aromatic ring is 1. The number of nitrogens with zero attached hydrogens (tertiary/aromatic N) is 4. The lowest BCUT2D eigenvalue weighted by atomic mass is 10.3. The molecule has 2 heterocycles. The lowest BCUT2D eigenvalue weighted by molar-refractivity contribution is 0.102. The summed E-state index contributed by atoms with van der Waals surface area (Å²) in [5, 5.41) is 10.6. The minimum Gasteiger partial charge on any atom is -0.396 e. The lowest BCUT2D eigenvalue weighted by Gasteiger charge is -1.98. The van der Waals surface area contributed by atoms with E-state index >= 15 is 0 Å². The second kappa shape index (κ2) is 3.69. The largest absolute Gasteiger partial charge is 0.396 e. The lowest BCUT2D eigenvalue weighted by Crippen LogP contribution is -2.15. The van der Waals surface area contributed by atoms with Gasteiger partial charge in [0.1, 0.15) is 0 Å². The third kappa shape index (κ3) is 1.88. The van der Waals surface area contributed by atoms with Crippen molar-refractivity contribution < 1.29 is 4.79 Å². The molecule has 0 aliphatic rings. The summed E-state index contributed by atoms with van der Waals surface area (Å²) >= 11 is 0. The fraction of sp³-hybridized carbons (Fsp3) is 0.222. The van der Waals surface area contributed by atoms with Gasteiger partial charge in [-0.2, -0.15) is 10.2 Å². The first kappa shape index (κ1) is 10.2. The van der Waals surface area contributed by atoms with E-state index < -0.39 is 0 Å². The van der Waals surface area contributed by atoms with E-state index in [9.17, 15) is 4.79 Å². The quantitative estimate of drug-likeness (QED) is 0.744. The average molecular weight is 220 g/mol. The number of aromatic nitrogens is 4. The van der Waals surface area contributed by atoms with Crippen LogP contribution in [0.15, 0.2) is 18.5 Å². The molecule has 84 valence electrons. The van der Waals surface area contributed by atoms with Crippen LogP contribution >= 0.6 is 0 Å². The molecule has 0 aliphatic carbocycles. The zero-order valence-electron chi connectivity index (χ0n) is 9.01. The minimum absolute atomic E-state index is 0.202. The van der Waals surface area contributed by atoms with E-state index in [1.54, 1.807) is 37.2 Å². The van der Waals surface area contributed by atoms with E-state index in [0.717, 1.165) is 0 Å².